The lowest BCUT2D eigenvalue weighted by Crippen LogP contribution is -2.34. The lowest BCUT2D eigenvalue weighted by Gasteiger charge is -2.32. The Morgan fingerprint density at radius 1 is 1.47 bits per heavy atom. The Labute approximate surface area is 111 Å². The van der Waals surface area contributed by atoms with E-state index in [1.165, 1.54) is 31.5 Å². The third-order valence-corrected chi connectivity index (χ3v) is 3.64. The molecule has 1 fully saturated rings. The fourth-order valence-corrected chi connectivity index (χ4v) is 2.55. The first-order valence-corrected chi connectivity index (χ1v) is 6.41. The van der Waals surface area contributed by atoms with Crippen LogP contribution in [-0.2, 0) is 0 Å². The van der Waals surface area contributed by atoms with Gasteiger partial charge in [-0.15, -0.1) is 0 Å². The standard InChI is InChI=1S/C13H16N4O2/c1-16(11-5-3-2-4-6-11)13-10(8-14)7-12(9-15-13)17(18)19/h7,9,11H,2-6H2,1H3. The molecule has 6 nitrogen and oxygen atoms in total. The molecule has 0 atom stereocenters. The minimum Gasteiger partial charge on any atom is -0.356 e. The topological polar surface area (TPSA) is 83.1 Å². The van der Waals surface area contributed by atoms with E-state index in [1.807, 2.05) is 18.0 Å². The summed E-state index contributed by atoms with van der Waals surface area (Å²) in [5.74, 6) is 0.542. The average Bonchev–Trinajstić information content (AvgIpc) is 2.46. The number of anilines is 1. The molecule has 1 saturated carbocycles. The third-order valence-electron chi connectivity index (χ3n) is 3.64. The number of nitro groups is 1. The minimum absolute atomic E-state index is 0.141. The van der Waals surface area contributed by atoms with Crippen molar-refractivity contribution >= 4 is 11.5 Å². The van der Waals surface area contributed by atoms with E-state index in [0.717, 1.165) is 12.8 Å². The second-order valence-corrected chi connectivity index (χ2v) is 4.84. The molecule has 2 rings (SSSR count). The lowest BCUT2D eigenvalue weighted by molar-refractivity contribution is -0.385. The summed E-state index contributed by atoms with van der Waals surface area (Å²) in [6.45, 7) is 0. The molecule has 0 aromatic carbocycles. The van der Waals surface area contributed by atoms with Gasteiger partial charge in [-0.3, -0.25) is 10.1 Å². The van der Waals surface area contributed by atoms with Crippen molar-refractivity contribution in [3.05, 3.63) is 27.9 Å². The van der Waals surface area contributed by atoms with E-state index < -0.39 is 4.92 Å². The van der Waals surface area contributed by atoms with E-state index in [9.17, 15) is 10.1 Å². The highest BCUT2D eigenvalue weighted by Gasteiger charge is 2.22. The Morgan fingerprint density at radius 2 is 2.16 bits per heavy atom. The zero-order valence-corrected chi connectivity index (χ0v) is 10.9. The van der Waals surface area contributed by atoms with Crippen LogP contribution >= 0.6 is 0 Å². The van der Waals surface area contributed by atoms with Crippen LogP contribution in [0.3, 0.4) is 0 Å². The van der Waals surface area contributed by atoms with Gasteiger partial charge in [-0.1, -0.05) is 19.3 Å². The minimum atomic E-state index is -0.530. The van der Waals surface area contributed by atoms with E-state index in [0.29, 0.717) is 11.9 Å². The van der Waals surface area contributed by atoms with E-state index in [2.05, 4.69) is 4.98 Å². The smallest absolute Gasteiger partial charge is 0.289 e. The molecule has 0 unspecified atom stereocenters. The monoisotopic (exact) mass is 260 g/mol. The van der Waals surface area contributed by atoms with Crippen molar-refractivity contribution in [3.63, 3.8) is 0 Å². The average molecular weight is 260 g/mol. The Morgan fingerprint density at radius 3 is 2.74 bits per heavy atom. The van der Waals surface area contributed by atoms with E-state index in [-0.39, 0.29) is 11.3 Å². The molecule has 1 aromatic rings. The van der Waals surface area contributed by atoms with Crippen LogP contribution in [0.4, 0.5) is 11.5 Å². The summed E-state index contributed by atoms with van der Waals surface area (Å²) in [4.78, 5) is 16.3. The molecule has 0 N–H and O–H groups in total. The first-order valence-electron chi connectivity index (χ1n) is 6.41. The highest BCUT2D eigenvalue weighted by atomic mass is 16.6. The van der Waals surface area contributed by atoms with Gasteiger partial charge in [0.1, 0.15) is 23.6 Å². The summed E-state index contributed by atoms with van der Waals surface area (Å²) >= 11 is 0. The zero-order valence-electron chi connectivity index (χ0n) is 10.9. The van der Waals surface area contributed by atoms with Gasteiger partial charge in [-0.25, -0.2) is 4.98 Å². The van der Waals surface area contributed by atoms with Gasteiger partial charge in [0, 0.05) is 19.2 Å². The highest BCUT2D eigenvalue weighted by molar-refractivity contribution is 5.57. The predicted octanol–water partition coefficient (Wildman–Crippen LogP) is 2.63. The van der Waals surface area contributed by atoms with Crippen LogP contribution in [0.2, 0.25) is 0 Å². The van der Waals surface area contributed by atoms with Crippen LogP contribution in [0.5, 0.6) is 0 Å². The van der Waals surface area contributed by atoms with Crippen molar-refractivity contribution in [2.75, 3.05) is 11.9 Å². The summed E-state index contributed by atoms with van der Waals surface area (Å²) in [6, 6.07) is 3.67. The maximum Gasteiger partial charge on any atom is 0.289 e. The molecule has 1 aliphatic carbocycles. The molecule has 100 valence electrons. The van der Waals surface area contributed by atoms with Crippen molar-refractivity contribution in [2.24, 2.45) is 0 Å². The third kappa shape index (κ3) is 2.81. The van der Waals surface area contributed by atoms with Gasteiger partial charge in [0.2, 0.25) is 0 Å². The van der Waals surface area contributed by atoms with E-state index >= 15 is 0 Å². The highest BCUT2D eigenvalue weighted by Crippen LogP contribution is 2.28. The largest absolute Gasteiger partial charge is 0.356 e. The molecular weight excluding hydrogens is 244 g/mol. The second kappa shape index (κ2) is 5.65. The number of nitriles is 1. The van der Waals surface area contributed by atoms with Crippen molar-refractivity contribution in [2.45, 2.75) is 38.1 Å². The number of rotatable bonds is 3. The predicted molar refractivity (Wildman–Crippen MR) is 70.9 cm³/mol. The molecule has 1 aliphatic rings. The van der Waals surface area contributed by atoms with Gasteiger partial charge in [0.15, 0.2) is 0 Å². The molecule has 1 aromatic heterocycles. The number of hydrogen-bond acceptors (Lipinski definition) is 5. The summed E-state index contributed by atoms with van der Waals surface area (Å²) in [5.41, 5.74) is 0.125. The van der Waals surface area contributed by atoms with Gasteiger partial charge in [-0.2, -0.15) is 5.26 Å². The molecule has 0 amide bonds. The summed E-state index contributed by atoms with van der Waals surface area (Å²) in [6.07, 6.45) is 7.01. The van der Waals surface area contributed by atoms with Crippen LogP contribution in [0, 0.1) is 21.4 Å². The molecule has 0 bridgehead atoms. The molecule has 1 heterocycles. The zero-order chi connectivity index (χ0) is 13.8. The molecule has 0 aliphatic heterocycles. The second-order valence-electron chi connectivity index (χ2n) is 4.84. The lowest BCUT2D eigenvalue weighted by atomic mass is 9.94. The number of hydrogen-bond donors (Lipinski definition) is 0. The Kier molecular flexibility index (Phi) is 3.95. The molecule has 19 heavy (non-hydrogen) atoms. The number of pyridine rings is 1. The first kappa shape index (κ1) is 13.3. The molecule has 0 saturated heterocycles. The van der Waals surface area contributed by atoms with Crippen molar-refractivity contribution in [3.8, 4) is 6.07 Å². The van der Waals surface area contributed by atoms with Crippen molar-refractivity contribution < 1.29 is 4.92 Å². The number of nitrogens with zero attached hydrogens (tertiary/aromatic N) is 4. The van der Waals surface area contributed by atoms with Crippen LogP contribution in [-0.4, -0.2) is 23.0 Å². The van der Waals surface area contributed by atoms with Crippen molar-refractivity contribution in [1.29, 1.82) is 5.26 Å². The maximum absolute atomic E-state index is 10.7. The van der Waals surface area contributed by atoms with Gasteiger partial charge >= 0.3 is 0 Å². The van der Waals surface area contributed by atoms with Crippen LogP contribution < -0.4 is 4.90 Å². The van der Waals surface area contributed by atoms with Gasteiger partial charge in [0.05, 0.1) is 4.92 Å². The van der Waals surface area contributed by atoms with Gasteiger partial charge < -0.3 is 4.90 Å². The Hall–Kier alpha value is -2.16. The maximum atomic E-state index is 10.7. The number of aromatic nitrogens is 1. The van der Waals surface area contributed by atoms with Crippen LogP contribution in [0.1, 0.15) is 37.7 Å². The van der Waals surface area contributed by atoms with Gasteiger partial charge in [-0.05, 0) is 12.8 Å². The summed E-state index contributed by atoms with van der Waals surface area (Å²) < 4.78 is 0. The first-order chi connectivity index (χ1) is 9.13. The Bertz CT molecular complexity index is 518. The Balaban J connectivity index is 2.28. The summed E-state index contributed by atoms with van der Waals surface area (Å²) in [7, 11) is 1.91. The van der Waals surface area contributed by atoms with E-state index in [1.54, 1.807) is 0 Å². The molecular formula is C13H16N4O2. The molecule has 0 spiro atoms. The normalized spacial score (nSPS) is 15.8. The quantitative estimate of drug-likeness (QED) is 0.616. The molecule has 0 radical (unpaired) electrons. The van der Waals surface area contributed by atoms with E-state index in [4.69, 9.17) is 5.26 Å². The SMILES string of the molecule is CN(c1ncc([N+](=O)[O-])cc1C#N)C1CCCCC1. The fourth-order valence-electron chi connectivity index (χ4n) is 2.55. The fraction of sp³-hybridized carbons (Fsp3) is 0.538. The van der Waals surface area contributed by atoms with Crippen LogP contribution in [0.25, 0.3) is 0 Å². The van der Waals surface area contributed by atoms with Gasteiger partial charge in [0.25, 0.3) is 5.69 Å². The molecule has 6 heteroatoms. The van der Waals surface area contributed by atoms with Crippen LogP contribution in [0.15, 0.2) is 12.3 Å². The van der Waals surface area contributed by atoms with Crippen molar-refractivity contribution in [1.82, 2.24) is 4.98 Å². The summed E-state index contributed by atoms with van der Waals surface area (Å²) in [5, 5.41) is 19.8.